The minimum absolute atomic E-state index is 0.0742. The lowest BCUT2D eigenvalue weighted by molar-refractivity contribution is 0.0978. The van der Waals surface area contributed by atoms with Crippen LogP contribution in [0.1, 0.15) is 16.8 Å². The van der Waals surface area contributed by atoms with Crippen molar-refractivity contribution in [2.75, 3.05) is 11.4 Å². The van der Waals surface area contributed by atoms with Crippen molar-refractivity contribution in [2.24, 2.45) is 0 Å². The van der Waals surface area contributed by atoms with Crippen LogP contribution >= 0.6 is 11.6 Å². The molecule has 2 aromatic carbocycles. The maximum Gasteiger partial charge on any atom is 0.170 e. The number of rotatable bonds is 1. The van der Waals surface area contributed by atoms with Gasteiger partial charge in [-0.3, -0.25) is 4.79 Å². The lowest BCUT2D eigenvalue weighted by Crippen LogP contribution is -2.28. The molecular weight excluding hydrogens is 278 g/mol. The second-order valence-electron chi connectivity index (χ2n) is 4.66. The van der Waals surface area contributed by atoms with E-state index in [-0.39, 0.29) is 22.8 Å². The van der Waals surface area contributed by atoms with Gasteiger partial charge in [-0.1, -0.05) is 11.6 Å². The van der Waals surface area contributed by atoms with Crippen LogP contribution in [0.5, 0.6) is 11.5 Å². The fourth-order valence-electron chi connectivity index (χ4n) is 2.44. The van der Waals surface area contributed by atoms with E-state index in [0.717, 1.165) is 5.69 Å². The van der Waals surface area contributed by atoms with Crippen molar-refractivity contribution < 1.29 is 15.0 Å². The molecule has 2 aromatic rings. The zero-order valence-electron chi connectivity index (χ0n) is 10.5. The van der Waals surface area contributed by atoms with E-state index in [1.807, 2.05) is 17.0 Å². The molecule has 3 rings (SSSR count). The summed E-state index contributed by atoms with van der Waals surface area (Å²) in [5, 5.41) is 20.2. The lowest BCUT2D eigenvalue weighted by Gasteiger charge is -2.31. The molecule has 0 unspecified atom stereocenters. The quantitative estimate of drug-likeness (QED) is 0.844. The van der Waals surface area contributed by atoms with Gasteiger partial charge in [-0.05, 0) is 24.3 Å². The van der Waals surface area contributed by atoms with Gasteiger partial charge in [-0.25, -0.2) is 0 Å². The lowest BCUT2D eigenvalue weighted by atomic mass is 9.98. The average Bonchev–Trinajstić information content (AvgIpc) is 2.39. The van der Waals surface area contributed by atoms with Gasteiger partial charge in [0.1, 0.15) is 11.5 Å². The van der Waals surface area contributed by atoms with Crippen LogP contribution in [0.4, 0.5) is 11.4 Å². The third-order valence-electron chi connectivity index (χ3n) is 3.35. The minimum atomic E-state index is -0.191. The Labute approximate surface area is 120 Å². The Morgan fingerprint density at radius 2 is 1.80 bits per heavy atom. The van der Waals surface area contributed by atoms with Gasteiger partial charge < -0.3 is 15.1 Å². The van der Waals surface area contributed by atoms with Crippen LogP contribution < -0.4 is 4.90 Å². The molecule has 0 atom stereocenters. The van der Waals surface area contributed by atoms with Crippen LogP contribution in [0.2, 0.25) is 5.02 Å². The van der Waals surface area contributed by atoms with E-state index >= 15 is 0 Å². The average molecular weight is 290 g/mol. The van der Waals surface area contributed by atoms with Gasteiger partial charge in [-0.15, -0.1) is 0 Å². The molecule has 1 aliphatic heterocycles. The highest BCUT2D eigenvalue weighted by molar-refractivity contribution is 6.30. The molecule has 4 nitrogen and oxygen atoms in total. The molecule has 0 aliphatic carbocycles. The Hall–Kier alpha value is -2.20. The fourth-order valence-corrected chi connectivity index (χ4v) is 2.57. The molecule has 1 aliphatic rings. The maximum atomic E-state index is 12.0. The second-order valence-corrected chi connectivity index (χ2v) is 5.10. The standard InChI is InChI=1S/C15H12ClNO3/c16-9-1-3-10(4-2-9)17-6-5-13(19)15-12(17)7-11(18)8-14(15)20/h1-4,7-8,18,20H,5-6H2. The summed E-state index contributed by atoms with van der Waals surface area (Å²) >= 11 is 5.87. The number of phenols is 2. The molecule has 1 heterocycles. The zero-order valence-corrected chi connectivity index (χ0v) is 11.3. The summed E-state index contributed by atoms with van der Waals surface area (Å²) in [6.07, 6.45) is 0.313. The van der Waals surface area contributed by atoms with Crippen molar-refractivity contribution in [1.82, 2.24) is 0 Å². The van der Waals surface area contributed by atoms with Gasteiger partial charge in [0, 0.05) is 35.8 Å². The molecule has 0 amide bonds. The smallest absolute Gasteiger partial charge is 0.170 e. The minimum Gasteiger partial charge on any atom is -0.508 e. The number of Topliss-reactive ketones (excluding diaryl/α,β-unsaturated/α-hetero) is 1. The predicted molar refractivity (Wildman–Crippen MR) is 77.2 cm³/mol. The summed E-state index contributed by atoms with van der Waals surface area (Å²) in [5.41, 5.74) is 1.62. The van der Waals surface area contributed by atoms with E-state index in [1.165, 1.54) is 12.1 Å². The third kappa shape index (κ3) is 2.08. The monoisotopic (exact) mass is 289 g/mol. The molecule has 0 saturated carbocycles. The number of carbonyl (C=O) groups excluding carboxylic acids is 1. The van der Waals surface area contributed by atoms with Gasteiger partial charge in [0.2, 0.25) is 0 Å². The topological polar surface area (TPSA) is 60.8 Å². The molecule has 0 aromatic heterocycles. The van der Waals surface area contributed by atoms with Crippen LogP contribution in [0.25, 0.3) is 0 Å². The number of hydrogen-bond donors (Lipinski definition) is 2. The number of anilines is 2. The molecule has 102 valence electrons. The van der Waals surface area contributed by atoms with Crippen LogP contribution in [0.3, 0.4) is 0 Å². The molecule has 0 saturated heterocycles. The number of carbonyl (C=O) groups is 1. The van der Waals surface area contributed by atoms with Gasteiger partial charge in [0.05, 0.1) is 11.3 Å². The van der Waals surface area contributed by atoms with E-state index in [4.69, 9.17) is 11.6 Å². The summed E-state index contributed by atoms with van der Waals surface area (Å²) in [7, 11) is 0. The summed E-state index contributed by atoms with van der Waals surface area (Å²) in [4.78, 5) is 13.8. The summed E-state index contributed by atoms with van der Waals surface area (Å²) < 4.78 is 0. The van der Waals surface area contributed by atoms with E-state index in [2.05, 4.69) is 0 Å². The van der Waals surface area contributed by atoms with E-state index in [9.17, 15) is 15.0 Å². The third-order valence-corrected chi connectivity index (χ3v) is 3.60. The van der Waals surface area contributed by atoms with Gasteiger partial charge in [0.25, 0.3) is 0 Å². The van der Waals surface area contributed by atoms with Crippen molar-refractivity contribution >= 4 is 28.8 Å². The van der Waals surface area contributed by atoms with Crippen LogP contribution in [-0.4, -0.2) is 22.5 Å². The molecule has 0 radical (unpaired) electrons. The molecule has 2 N–H and O–H groups in total. The molecular formula is C15H12ClNO3. The van der Waals surface area contributed by atoms with Crippen LogP contribution in [0, 0.1) is 0 Å². The van der Waals surface area contributed by atoms with Crippen LogP contribution in [0.15, 0.2) is 36.4 Å². The first-order valence-corrected chi connectivity index (χ1v) is 6.56. The Balaban J connectivity index is 2.15. The molecule has 5 heteroatoms. The number of fused-ring (bicyclic) bond motifs is 1. The number of hydrogen-bond acceptors (Lipinski definition) is 4. The van der Waals surface area contributed by atoms with E-state index in [1.54, 1.807) is 12.1 Å². The zero-order chi connectivity index (χ0) is 14.3. The van der Waals surface area contributed by atoms with Crippen molar-refractivity contribution in [3.8, 4) is 11.5 Å². The van der Waals surface area contributed by atoms with Crippen molar-refractivity contribution in [3.63, 3.8) is 0 Å². The summed E-state index contributed by atoms with van der Waals surface area (Å²) in [5.74, 6) is -0.388. The van der Waals surface area contributed by atoms with E-state index < -0.39 is 0 Å². The van der Waals surface area contributed by atoms with Crippen molar-refractivity contribution in [1.29, 1.82) is 0 Å². The SMILES string of the molecule is O=C1CCN(c2ccc(Cl)cc2)c2cc(O)cc(O)c21. The highest BCUT2D eigenvalue weighted by Crippen LogP contribution is 2.40. The Morgan fingerprint density at radius 3 is 2.50 bits per heavy atom. The Kier molecular flexibility index (Phi) is 3.03. The largest absolute Gasteiger partial charge is 0.508 e. The van der Waals surface area contributed by atoms with E-state index in [0.29, 0.717) is 23.7 Å². The molecule has 0 bridgehead atoms. The van der Waals surface area contributed by atoms with Gasteiger partial charge in [0.15, 0.2) is 5.78 Å². The molecule has 20 heavy (non-hydrogen) atoms. The van der Waals surface area contributed by atoms with Crippen LogP contribution in [-0.2, 0) is 0 Å². The summed E-state index contributed by atoms with van der Waals surface area (Å²) in [6, 6.07) is 9.86. The fraction of sp³-hybridized carbons (Fsp3) is 0.133. The predicted octanol–water partition coefficient (Wildman–Crippen LogP) is 3.48. The number of aromatic hydroxyl groups is 2. The number of halogens is 1. The molecule has 0 spiro atoms. The first-order chi connectivity index (χ1) is 9.56. The number of phenolic OH excluding ortho intramolecular Hbond substituents is 2. The highest BCUT2D eigenvalue weighted by Gasteiger charge is 2.27. The summed E-state index contributed by atoms with van der Waals surface area (Å²) in [6.45, 7) is 0.496. The number of ketones is 1. The maximum absolute atomic E-state index is 12.0. The van der Waals surface area contributed by atoms with Crippen molar-refractivity contribution in [2.45, 2.75) is 6.42 Å². The number of nitrogens with zero attached hydrogens (tertiary/aromatic N) is 1. The van der Waals surface area contributed by atoms with Crippen molar-refractivity contribution in [3.05, 3.63) is 47.0 Å². The Morgan fingerprint density at radius 1 is 1.10 bits per heavy atom. The Bertz CT molecular complexity index is 682. The normalized spacial score (nSPS) is 14.2. The number of benzene rings is 2. The highest BCUT2D eigenvalue weighted by atomic mass is 35.5. The van der Waals surface area contributed by atoms with Gasteiger partial charge in [-0.2, -0.15) is 0 Å². The second kappa shape index (κ2) is 4.72. The molecule has 0 fully saturated rings. The van der Waals surface area contributed by atoms with Gasteiger partial charge >= 0.3 is 0 Å². The first-order valence-electron chi connectivity index (χ1n) is 6.18. The first kappa shape index (κ1) is 12.8.